The van der Waals surface area contributed by atoms with Gasteiger partial charge < -0.3 is 9.15 Å². The highest BCUT2D eigenvalue weighted by atomic mass is 16.5. The van der Waals surface area contributed by atoms with Crippen molar-refractivity contribution in [3.8, 4) is 5.75 Å². The van der Waals surface area contributed by atoms with Crippen LogP contribution in [-0.2, 0) is 0 Å². The molecular weight excluding hydrogens is 206 g/mol. The fourth-order valence-electron chi connectivity index (χ4n) is 1.63. The first kappa shape index (κ1) is 9.39. The van der Waals surface area contributed by atoms with Crippen LogP contribution in [0, 0.1) is 6.92 Å². The lowest BCUT2D eigenvalue weighted by Crippen LogP contribution is -2.05. The van der Waals surface area contributed by atoms with Crippen molar-refractivity contribution in [2.75, 3.05) is 0 Å². The third-order valence-corrected chi connectivity index (χ3v) is 2.55. The zero-order valence-electron chi connectivity index (χ0n) is 8.90. The maximum absolute atomic E-state index is 11.6. The maximum Gasteiger partial charge on any atom is 0.346 e. The molecule has 0 spiro atoms. The van der Waals surface area contributed by atoms with Gasteiger partial charge in [0.05, 0.1) is 11.5 Å². The average molecular weight is 217 g/mol. The molecule has 0 bridgehead atoms. The number of hydrogen-bond acceptors (Lipinski definition) is 4. The van der Waals surface area contributed by atoms with Gasteiger partial charge in [-0.1, -0.05) is 6.07 Å². The normalized spacial score (nSPS) is 15.3. The van der Waals surface area contributed by atoms with Crippen LogP contribution < -0.4 is 10.4 Å². The summed E-state index contributed by atoms with van der Waals surface area (Å²) in [5, 5.41) is 0.476. The summed E-state index contributed by atoms with van der Waals surface area (Å²) in [5.74, 6) is 1.04. The van der Waals surface area contributed by atoms with Gasteiger partial charge in [0.2, 0.25) is 0 Å². The van der Waals surface area contributed by atoms with Crippen molar-refractivity contribution in [3.05, 3.63) is 34.5 Å². The molecule has 1 aliphatic carbocycles. The Labute approximate surface area is 91.9 Å². The average Bonchev–Trinajstić information content (AvgIpc) is 3.03. The van der Waals surface area contributed by atoms with Crippen molar-refractivity contribution in [1.29, 1.82) is 0 Å². The Morgan fingerprint density at radius 1 is 1.44 bits per heavy atom. The standard InChI is InChI=1S/C12H11NO3/c1-7-13-11-9(12(14)15-7)3-2-4-10(11)16-8-5-6-8/h2-4,8H,5-6H2,1H3. The molecule has 0 saturated heterocycles. The van der Waals surface area contributed by atoms with Crippen molar-refractivity contribution < 1.29 is 9.15 Å². The number of rotatable bonds is 2. The Morgan fingerprint density at radius 2 is 2.25 bits per heavy atom. The van der Waals surface area contributed by atoms with E-state index >= 15 is 0 Å². The Kier molecular flexibility index (Phi) is 1.96. The molecule has 4 heteroatoms. The molecule has 1 saturated carbocycles. The van der Waals surface area contributed by atoms with Crippen LogP contribution in [0.5, 0.6) is 5.75 Å². The highest BCUT2D eigenvalue weighted by molar-refractivity contribution is 5.83. The molecule has 16 heavy (non-hydrogen) atoms. The second-order valence-corrected chi connectivity index (χ2v) is 3.99. The molecule has 0 amide bonds. The van der Waals surface area contributed by atoms with Crippen molar-refractivity contribution in [1.82, 2.24) is 4.98 Å². The van der Waals surface area contributed by atoms with Gasteiger partial charge in [-0.2, -0.15) is 0 Å². The van der Waals surface area contributed by atoms with E-state index in [-0.39, 0.29) is 5.63 Å². The molecule has 3 rings (SSSR count). The van der Waals surface area contributed by atoms with Crippen molar-refractivity contribution >= 4 is 10.9 Å². The van der Waals surface area contributed by atoms with Crippen LogP contribution in [-0.4, -0.2) is 11.1 Å². The summed E-state index contributed by atoms with van der Waals surface area (Å²) < 4.78 is 10.6. The molecule has 1 aromatic carbocycles. The number of aryl methyl sites for hydroxylation is 1. The van der Waals surface area contributed by atoms with E-state index in [1.807, 2.05) is 6.07 Å². The molecule has 0 N–H and O–H groups in total. The first-order chi connectivity index (χ1) is 7.74. The molecule has 0 aliphatic heterocycles. The van der Waals surface area contributed by atoms with E-state index in [4.69, 9.17) is 9.15 Å². The Balaban J connectivity index is 2.23. The molecule has 2 aromatic rings. The van der Waals surface area contributed by atoms with E-state index in [1.54, 1.807) is 19.1 Å². The fourth-order valence-corrected chi connectivity index (χ4v) is 1.63. The second kappa shape index (κ2) is 3.33. The predicted octanol–water partition coefficient (Wildman–Crippen LogP) is 2.04. The Hall–Kier alpha value is -1.84. The Bertz CT molecular complexity index is 599. The quantitative estimate of drug-likeness (QED) is 0.772. The number of ether oxygens (including phenoxy) is 1. The first-order valence-electron chi connectivity index (χ1n) is 5.31. The summed E-state index contributed by atoms with van der Waals surface area (Å²) >= 11 is 0. The molecule has 1 fully saturated rings. The van der Waals surface area contributed by atoms with Crippen LogP contribution in [0.4, 0.5) is 0 Å². The maximum atomic E-state index is 11.6. The van der Waals surface area contributed by atoms with Crippen molar-refractivity contribution in [2.24, 2.45) is 0 Å². The van der Waals surface area contributed by atoms with Crippen molar-refractivity contribution in [3.63, 3.8) is 0 Å². The fraction of sp³-hybridized carbons (Fsp3) is 0.333. The number of para-hydroxylation sites is 1. The predicted molar refractivity (Wildman–Crippen MR) is 58.7 cm³/mol. The van der Waals surface area contributed by atoms with Gasteiger partial charge in [0.15, 0.2) is 5.89 Å². The summed E-state index contributed by atoms with van der Waals surface area (Å²) in [4.78, 5) is 15.8. The number of benzene rings is 1. The monoisotopic (exact) mass is 217 g/mol. The van der Waals surface area contributed by atoms with E-state index in [9.17, 15) is 4.79 Å². The minimum absolute atomic E-state index is 0.292. The summed E-state index contributed by atoms with van der Waals surface area (Å²) in [7, 11) is 0. The lowest BCUT2D eigenvalue weighted by molar-refractivity contribution is 0.305. The second-order valence-electron chi connectivity index (χ2n) is 3.99. The summed E-state index contributed by atoms with van der Waals surface area (Å²) in [6.45, 7) is 1.66. The third kappa shape index (κ3) is 1.56. The van der Waals surface area contributed by atoms with Gasteiger partial charge in [-0.25, -0.2) is 9.78 Å². The molecule has 1 aromatic heterocycles. The van der Waals surface area contributed by atoms with E-state index in [0.29, 0.717) is 28.6 Å². The van der Waals surface area contributed by atoms with Gasteiger partial charge in [0.1, 0.15) is 11.3 Å². The first-order valence-corrected chi connectivity index (χ1v) is 5.31. The van der Waals surface area contributed by atoms with E-state index in [2.05, 4.69) is 4.98 Å². The van der Waals surface area contributed by atoms with Gasteiger partial charge in [0, 0.05) is 6.92 Å². The smallest absolute Gasteiger partial charge is 0.346 e. The number of nitrogens with zero attached hydrogens (tertiary/aromatic N) is 1. The molecule has 1 heterocycles. The number of fused-ring (bicyclic) bond motifs is 1. The van der Waals surface area contributed by atoms with Gasteiger partial charge >= 0.3 is 5.63 Å². The minimum atomic E-state index is -0.358. The van der Waals surface area contributed by atoms with Crippen LogP contribution in [0.25, 0.3) is 10.9 Å². The van der Waals surface area contributed by atoms with E-state index in [0.717, 1.165) is 12.8 Å². The molecule has 82 valence electrons. The van der Waals surface area contributed by atoms with Gasteiger partial charge in [-0.3, -0.25) is 0 Å². The van der Waals surface area contributed by atoms with Crippen LogP contribution in [0.2, 0.25) is 0 Å². The summed E-state index contributed by atoms with van der Waals surface area (Å²) in [5.41, 5.74) is 0.242. The lowest BCUT2D eigenvalue weighted by Gasteiger charge is -2.06. The highest BCUT2D eigenvalue weighted by Crippen LogP contribution is 2.30. The summed E-state index contributed by atoms with van der Waals surface area (Å²) in [6, 6.07) is 5.33. The SMILES string of the molecule is Cc1nc2c(OC3CC3)cccc2c(=O)o1. The van der Waals surface area contributed by atoms with E-state index in [1.165, 1.54) is 0 Å². The number of hydrogen-bond donors (Lipinski definition) is 0. The molecule has 0 atom stereocenters. The van der Waals surface area contributed by atoms with Crippen LogP contribution in [0.1, 0.15) is 18.7 Å². The lowest BCUT2D eigenvalue weighted by atomic mass is 10.2. The third-order valence-electron chi connectivity index (χ3n) is 2.55. The number of aromatic nitrogens is 1. The van der Waals surface area contributed by atoms with Crippen LogP contribution in [0.3, 0.4) is 0 Å². The molecule has 0 unspecified atom stereocenters. The van der Waals surface area contributed by atoms with Gasteiger partial charge in [0.25, 0.3) is 0 Å². The zero-order valence-corrected chi connectivity index (χ0v) is 8.90. The Morgan fingerprint density at radius 3 is 3.00 bits per heavy atom. The molecule has 4 nitrogen and oxygen atoms in total. The molecule has 0 radical (unpaired) electrons. The zero-order chi connectivity index (χ0) is 11.1. The summed E-state index contributed by atoms with van der Waals surface area (Å²) in [6.07, 6.45) is 2.45. The van der Waals surface area contributed by atoms with Gasteiger partial charge in [-0.15, -0.1) is 0 Å². The van der Waals surface area contributed by atoms with Crippen molar-refractivity contribution in [2.45, 2.75) is 25.9 Å². The van der Waals surface area contributed by atoms with E-state index < -0.39 is 0 Å². The van der Waals surface area contributed by atoms with Crippen LogP contribution in [0.15, 0.2) is 27.4 Å². The van der Waals surface area contributed by atoms with Gasteiger partial charge in [-0.05, 0) is 25.0 Å². The van der Waals surface area contributed by atoms with Crippen LogP contribution >= 0.6 is 0 Å². The minimum Gasteiger partial charge on any atom is -0.488 e. The molecule has 1 aliphatic rings. The largest absolute Gasteiger partial charge is 0.488 e. The topological polar surface area (TPSA) is 52.3 Å². The highest BCUT2D eigenvalue weighted by Gasteiger charge is 2.24. The molecular formula is C12H11NO3.